The largest absolute Gasteiger partial charge is 0.480 e. The lowest BCUT2D eigenvalue weighted by Gasteiger charge is -2.27. The number of carbonyl (C=O) groups is 2. The molecule has 0 fully saturated rings. The number of hydrogen-bond acceptors (Lipinski definition) is 3. The summed E-state index contributed by atoms with van der Waals surface area (Å²) in [5, 5.41) is 8.78. The van der Waals surface area contributed by atoms with Crippen molar-refractivity contribution in [2.24, 2.45) is 5.41 Å². The quantitative estimate of drug-likeness (QED) is 0.558. The Morgan fingerprint density at radius 2 is 1.64 bits per heavy atom. The number of aliphatic carboxylic acids is 1. The first-order chi connectivity index (χ1) is 6.13. The summed E-state index contributed by atoms with van der Waals surface area (Å²) in [4.78, 5) is 22.2. The second-order valence-electron chi connectivity index (χ2n) is 4.43. The molecule has 82 valence electrons. The molecule has 0 atom stereocenters. The van der Waals surface area contributed by atoms with E-state index in [1.165, 1.54) is 13.8 Å². The van der Waals surface area contributed by atoms with Crippen molar-refractivity contribution in [3.05, 3.63) is 0 Å². The van der Waals surface area contributed by atoms with E-state index in [4.69, 9.17) is 9.84 Å². The number of esters is 1. The Morgan fingerprint density at radius 1 is 1.21 bits per heavy atom. The van der Waals surface area contributed by atoms with Gasteiger partial charge in [0.1, 0.15) is 5.60 Å². The van der Waals surface area contributed by atoms with Gasteiger partial charge in [-0.25, -0.2) is 0 Å². The molecule has 0 bridgehead atoms. The van der Waals surface area contributed by atoms with Crippen LogP contribution < -0.4 is 0 Å². The second kappa shape index (κ2) is 3.98. The number of hydrogen-bond donors (Lipinski definition) is 1. The summed E-state index contributed by atoms with van der Waals surface area (Å²) in [5.41, 5.74) is -2.09. The average Bonchev–Trinajstić information content (AvgIpc) is 2.03. The maximum Gasteiger partial charge on any atom is 0.323 e. The molecule has 0 rings (SSSR count). The van der Waals surface area contributed by atoms with E-state index in [0.29, 0.717) is 6.42 Å². The Labute approximate surface area is 84.3 Å². The van der Waals surface area contributed by atoms with E-state index in [0.717, 1.165) is 0 Å². The zero-order valence-corrected chi connectivity index (χ0v) is 9.38. The molecule has 1 N–H and O–H groups in total. The average molecular weight is 202 g/mol. The van der Waals surface area contributed by atoms with Crippen LogP contribution in [0.15, 0.2) is 0 Å². The summed E-state index contributed by atoms with van der Waals surface area (Å²) < 4.78 is 5.09. The highest BCUT2D eigenvalue weighted by atomic mass is 16.6. The van der Waals surface area contributed by atoms with E-state index < -0.39 is 23.0 Å². The fourth-order valence-electron chi connectivity index (χ4n) is 0.538. The molecule has 0 saturated heterocycles. The van der Waals surface area contributed by atoms with Gasteiger partial charge in [-0.05, 0) is 34.1 Å². The van der Waals surface area contributed by atoms with E-state index in [1.807, 2.05) is 6.92 Å². The molecular formula is C10H18O4. The molecule has 0 aliphatic rings. The lowest BCUT2D eigenvalue weighted by Crippen LogP contribution is -2.40. The van der Waals surface area contributed by atoms with Gasteiger partial charge in [-0.1, -0.05) is 6.92 Å². The lowest BCUT2D eigenvalue weighted by molar-refractivity contribution is -0.175. The molecule has 0 radical (unpaired) electrons. The Bertz CT molecular complexity index is 241. The van der Waals surface area contributed by atoms with Crippen LogP contribution in [0.3, 0.4) is 0 Å². The van der Waals surface area contributed by atoms with Gasteiger partial charge in [0.2, 0.25) is 0 Å². The van der Waals surface area contributed by atoms with Gasteiger partial charge in [0, 0.05) is 0 Å². The molecule has 4 nitrogen and oxygen atoms in total. The standard InChI is InChI=1S/C10H18O4/c1-6-9(2,3)14-8(13)10(4,5)7(11)12/h6H2,1-5H3,(H,11,12). The van der Waals surface area contributed by atoms with E-state index in [9.17, 15) is 9.59 Å². The first-order valence-corrected chi connectivity index (χ1v) is 4.60. The molecule has 0 amide bonds. The lowest BCUT2D eigenvalue weighted by atomic mass is 9.93. The molecule has 0 spiro atoms. The summed E-state index contributed by atoms with van der Waals surface area (Å²) >= 11 is 0. The van der Waals surface area contributed by atoms with Crippen LogP contribution in [0.2, 0.25) is 0 Å². The summed E-state index contributed by atoms with van der Waals surface area (Å²) in [6.07, 6.45) is 0.647. The fourth-order valence-corrected chi connectivity index (χ4v) is 0.538. The highest BCUT2D eigenvalue weighted by Crippen LogP contribution is 2.23. The highest BCUT2D eigenvalue weighted by Gasteiger charge is 2.40. The summed E-state index contributed by atoms with van der Waals surface area (Å²) in [6, 6.07) is 0. The van der Waals surface area contributed by atoms with Crippen LogP contribution in [0.4, 0.5) is 0 Å². The van der Waals surface area contributed by atoms with E-state index in [1.54, 1.807) is 13.8 Å². The van der Waals surface area contributed by atoms with Crippen molar-refractivity contribution >= 4 is 11.9 Å². The topological polar surface area (TPSA) is 63.6 Å². The van der Waals surface area contributed by atoms with Crippen LogP contribution in [0.25, 0.3) is 0 Å². The second-order valence-corrected chi connectivity index (χ2v) is 4.43. The van der Waals surface area contributed by atoms with Crippen LogP contribution >= 0.6 is 0 Å². The van der Waals surface area contributed by atoms with E-state index >= 15 is 0 Å². The van der Waals surface area contributed by atoms with Gasteiger partial charge in [0.25, 0.3) is 0 Å². The number of carboxylic acids is 1. The van der Waals surface area contributed by atoms with Gasteiger partial charge in [0.05, 0.1) is 0 Å². The zero-order chi connectivity index (χ0) is 11.6. The predicted molar refractivity (Wildman–Crippen MR) is 51.9 cm³/mol. The molecule has 0 aromatic carbocycles. The molecule has 14 heavy (non-hydrogen) atoms. The minimum Gasteiger partial charge on any atom is -0.480 e. The SMILES string of the molecule is CCC(C)(C)OC(=O)C(C)(C)C(=O)O. The fraction of sp³-hybridized carbons (Fsp3) is 0.800. The molecule has 4 heteroatoms. The third-order valence-corrected chi connectivity index (χ3v) is 2.27. The van der Waals surface area contributed by atoms with Crippen LogP contribution in [-0.4, -0.2) is 22.6 Å². The maximum atomic E-state index is 11.5. The van der Waals surface area contributed by atoms with Crippen molar-refractivity contribution in [2.45, 2.75) is 46.6 Å². The van der Waals surface area contributed by atoms with E-state index in [-0.39, 0.29) is 0 Å². The molecular weight excluding hydrogens is 184 g/mol. The number of carbonyl (C=O) groups excluding carboxylic acids is 1. The van der Waals surface area contributed by atoms with Crippen molar-refractivity contribution in [3.63, 3.8) is 0 Å². The van der Waals surface area contributed by atoms with Crippen LogP contribution in [0.5, 0.6) is 0 Å². The Morgan fingerprint density at radius 3 is 1.93 bits per heavy atom. The van der Waals surface area contributed by atoms with Gasteiger partial charge in [-0.15, -0.1) is 0 Å². The van der Waals surface area contributed by atoms with Gasteiger partial charge in [-0.3, -0.25) is 9.59 Å². The number of ether oxygens (including phenoxy) is 1. The first kappa shape index (κ1) is 12.9. The first-order valence-electron chi connectivity index (χ1n) is 4.60. The van der Waals surface area contributed by atoms with Crippen molar-refractivity contribution in [1.82, 2.24) is 0 Å². The Kier molecular flexibility index (Phi) is 3.68. The Balaban J connectivity index is 4.58. The molecule has 0 heterocycles. The number of rotatable bonds is 4. The van der Waals surface area contributed by atoms with Crippen molar-refractivity contribution in [2.75, 3.05) is 0 Å². The third-order valence-electron chi connectivity index (χ3n) is 2.27. The maximum absolute atomic E-state index is 11.5. The van der Waals surface area contributed by atoms with Crippen LogP contribution in [0, 0.1) is 5.41 Å². The molecule has 0 aliphatic carbocycles. The van der Waals surface area contributed by atoms with Gasteiger partial charge in [-0.2, -0.15) is 0 Å². The van der Waals surface area contributed by atoms with Crippen molar-refractivity contribution in [1.29, 1.82) is 0 Å². The molecule has 0 aliphatic heterocycles. The minimum atomic E-state index is -1.48. The van der Waals surface area contributed by atoms with Crippen LogP contribution in [0.1, 0.15) is 41.0 Å². The smallest absolute Gasteiger partial charge is 0.323 e. The minimum absolute atomic E-state index is 0.607. The zero-order valence-electron chi connectivity index (χ0n) is 9.38. The monoisotopic (exact) mass is 202 g/mol. The van der Waals surface area contributed by atoms with E-state index in [2.05, 4.69) is 0 Å². The molecule has 0 unspecified atom stereocenters. The Hall–Kier alpha value is -1.06. The summed E-state index contributed by atoms with van der Waals surface area (Å²) in [7, 11) is 0. The van der Waals surface area contributed by atoms with Gasteiger partial charge >= 0.3 is 11.9 Å². The molecule has 0 saturated carbocycles. The third kappa shape index (κ3) is 3.01. The predicted octanol–water partition coefficient (Wildman–Crippen LogP) is 1.83. The van der Waals surface area contributed by atoms with Gasteiger partial charge in [0.15, 0.2) is 5.41 Å². The molecule has 0 aromatic heterocycles. The van der Waals surface area contributed by atoms with Crippen LogP contribution in [-0.2, 0) is 14.3 Å². The summed E-state index contributed by atoms with van der Waals surface area (Å²) in [6.45, 7) is 8.06. The van der Waals surface area contributed by atoms with Gasteiger partial charge < -0.3 is 9.84 Å². The van der Waals surface area contributed by atoms with Crippen molar-refractivity contribution < 1.29 is 19.4 Å². The molecule has 0 aromatic rings. The highest BCUT2D eigenvalue weighted by molar-refractivity contribution is 5.98. The normalized spacial score (nSPS) is 12.4. The van der Waals surface area contributed by atoms with Crippen molar-refractivity contribution in [3.8, 4) is 0 Å². The summed E-state index contributed by atoms with van der Waals surface area (Å²) in [5.74, 6) is -1.87. The number of carboxylic acid groups (broad SMARTS) is 1.